The molecule has 1 saturated carbocycles. The molecule has 1 heterocycles. The molecule has 1 aliphatic heterocycles. The predicted octanol–water partition coefficient (Wildman–Crippen LogP) is 3.61. The highest BCUT2D eigenvalue weighted by atomic mass is 15.2. The van der Waals surface area contributed by atoms with E-state index in [9.17, 15) is 0 Å². The number of anilines is 1. The van der Waals surface area contributed by atoms with Gasteiger partial charge in [-0.25, -0.2) is 0 Å². The molecule has 1 fully saturated rings. The number of rotatable bonds is 5. The highest BCUT2D eigenvalue weighted by Gasteiger charge is 2.28. The molecule has 1 aliphatic carbocycles. The molecule has 0 amide bonds. The Bertz CT molecular complexity index is 429. The topological polar surface area (TPSA) is 15.3 Å². The normalized spacial score (nSPS) is 25.8. The molecule has 0 bridgehead atoms. The Balaban J connectivity index is 1.64. The second kappa shape index (κ2) is 6.62. The lowest BCUT2D eigenvalue weighted by Crippen LogP contribution is -2.44. The van der Waals surface area contributed by atoms with Gasteiger partial charge in [0.2, 0.25) is 0 Å². The van der Waals surface area contributed by atoms with Gasteiger partial charge in [-0.2, -0.15) is 0 Å². The zero-order valence-corrected chi connectivity index (χ0v) is 12.8. The molecule has 110 valence electrons. The van der Waals surface area contributed by atoms with Crippen LogP contribution in [-0.2, 0) is 6.42 Å². The smallest absolute Gasteiger partial charge is 0.0399 e. The van der Waals surface area contributed by atoms with Crippen molar-refractivity contribution in [3.8, 4) is 0 Å². The second-order valence-electron chi connectivity index (χ2n) is 6.43. The first kappa shape index (κ1) is 13.9. The van der Waals surface area contributed by atoms with E-state index in [2.05, 4.69) is 41.4 Å². The number of benzene rings is 1. The van der Waals surface area contributed by atoms with E-state index in [0.29, 0.717) is 0 Å². The quantitative estimate of drug-likeness (QED) is 0.881. The minimum Gasteiger partial charge on any atom is -0.371 e. The van der Waals surface area contributed by atoms with Gasteiger partial charge in [0.05, 0.1) is 0 Å². The standard InChI is InChI=1S/C18H28N2/c1-2-12-19-17-9-5-3-8-16(17)14-20-13-11-15-7-4-6-10-18(15)20/h4,6-7,10,16-17,19H,2-3,5,8-9,11-14H2,1H3. The first-order chi connectivity index (χ1) is 9.88. The van der Waals surface area contributed by atoms with Crippen molar-refractivity contribution in [2.24, 2.45) is 5.92 Å². The van der Waals surface area contributed by atoms with Crippen LogP contribution in [0.1, 0.15) is 44.6 Å². The van der Waals surface area contributed by atoms with Crippen molar-refractivity contribution in [3.05, 3.63) is 29.8 Å². The minimum atomic E-state index is 0.747. The van der Waals surface area contributed by atoms with Crippen molar-refractivity contribution in [1.82, 2.24) is 5.32 Å². The van der Waals surface area contributed by atoms with Crippen molar-refractivity contribution >= 4 is 5.69 Å². The van der Waals surface area contributed by atoms with E-state index in [4.69, 9.17) is 0 Å². The number of nitrogens with one attached hydrogen (secondary N) is 1. The van der Waals surface area contributed by atoms with E-state index in [1.807, 2.05) is 0 Å². The third kappa shape index (κ3) is 3.01. The molecule has 1 N–H and O–H groups in total. The number of nitrogens with zero attached hydrogens (tertiary/aromatic N) is 1. The molecule has 2 nitrogen and oxygen atoms in total. The molecular formula is C18H28N2. The van der Waals surface area contributed by atoms with Crippen LogP contribution >= 0.6 is 0 Å². The maximum absolute atomic E-state index is 3.79. The van der Waals surface area contributed by atoms with Crippen LogP contribution in [0, 0.1) is 5.92 Å². The zero-order valence-electron chi connectivity index (χ0n) is 12.8. The van der Waals surface area contributed by atoms with Crippen LogP contribution in [-0.4, -0.2) is 25.7 Å². The lowest BCUT2D eigenvalue weighted by molar-refractivity contribution is 0.265. The fraction of sp³-hybridized carbons (Fsp3) is 0.667. The fourth-order valence-corrected chi connectivity index (χ4v) is 3.90. The summed E-state index contributed by atoms with van der Waals surface area (Å²) in [6.45, 7) is 5.91. The summed E-state index contributed by atoms with van der Waals surface area (Å²) in [7, 11) is 0. The zero-order chi connectivity index (χ0) is 13.8. The molecule has 0 aromatic heterocycles. The van der Waals surface area contributed by atoms with Gasteiger partial charge in [0.25, 0.3) is 0 Å². The average molecular weight is 272 g/mol. The van der Waals surface area contributed by atoms with Gasteiger partial charge in [0.1, 0.15) is 0 Å². The highest BCUT2D eigenvalue weighted by molar-refractivity contribution is 5.57. The molecule has 3 rings (SSSR count). The van der Waals surface area contributed by atoms with Crippen molar-refractivity contribution in [2.45, 2.75) is 51.5 Å². The fourth-order valence-electron chi connectivity index (χ4n) is 3.90. The molecule has 2 unspecified atom stereocenters. The van der Waals surface area contributed by atoms with Crippen molar-refractivity contribution in [2.75, 3.05) is 24.5 Å². The van der Waals surface area contributed by atoms with Gasteiger partial charge >= 0.3 is 0 Å². The van der Waals surface area contributed by atoms with Gasteiger partial charge in [-0.05, 0) is 49.8 Å². The lowest BCUT2D eigenvalue weighted by Gasteiger charge is -2.35. The summed E-state index contributed by atoms with van der Waals surface area (Å²) in [5.41, 5.74) is 3.04. The van der Waals surface area contributed by atoms with Crippen LogP contribution in [0.4, 0.5) is 5.69 Å². The van der Waals surface area contributed by atoms with Gasteiger partial charge in [0.15, 0.2) is 0 Å². The molecule has 2 aliphatic rings. The Morgan fingerprint density at radius 3 is 2.95 bits per heavy atom. The first-order valence-electron chi connectivity index (χ1n) is 8.44. The average Bonchev–Trinajstić information content (AvgIpc) is 2.90. The van der Waals surface area contributed by atoms with E-state index < -0.39 is 0 Å². The SMILES string of the molecule is CCCNC1CCCCC1CN1CCc2ccccc21. The van der Waals surface area contributed by atoms with Gasteiger partial charge in [-0.1, -0.05) is 38.0 Å². The lowest BCUT2D eigenvalue weighted by atomic mass is 9.84. The molecule has 2 atom stereocenters. The summed E-state index contributed by atoms with van der Waals surface area (Å²) < 4.78 is 0. The Labute approximate surface area is 123 Å². The Kier molecular flexibility index (Phi) is 4.62. The molecule has 0 spiro atoms. The van der Waals surface area contributed by atoms with E-state index >= 15 is 0 Å². The molecule has 2 heteroatoms. The van der Waals surface area contributed by atoms with E-state index in [-0.39, 0.29) is 0 Å². The number of hydrogen-bond donors (Lipinski definition) is 1. The molecule has 1 aromatic carbocycles. The molecule has 0 saturated heterocycles. The van der Waals surface area contributed by atoms with E-state index in [1.165, 1.54) is 63.8 Å². The van der Waals surface area contributed by atoms with Crippen LogP contribution < -0.4 is 10.2 Å². The van der Waals surface area contributed by atoms with Crippen LogP contribution in [0.2, 0.25) is 0 Å². The number of fused-ring (bicyclic) bond motifs is 1. The largest absolute Gasteiger partial charge is 0.371 e. The Morgan fingerprint density at radius 1 is 1.20 bits per heavy atom. The molecule has 1 aromatic rings. The molecule has 0 radical (unpaired) electrons. The summed E-state index contributed by atoms with van der Waals surface area (Å²) in [5.74, 6) is 0.835. The summed E-state index contributed by atoms with van der Waals surface area (Å²) >= 11 is 0. The van der Waals surface area contributed by atoms with Crippen LogP contribution in [0.3, 0.4) is 0 Å². The van der Waals surface area contributed by atoms with Crippen molar-refractivity contribution in [3.63, 3.8) is 0 Å². The van der Waals surface area contributed by atoms with Crippen LogP contribution in [0.15, 0.2) is 24.3 Å². The van der Waals surface area contributed by atoms with E-state index in [1.54, 1.807) is 5.56 Å². The monoisotopic (exact) mass is 272 g/mol. The predicted molar refractivity (Wildman–Crippen MR) is 86.4 cm³/mol. The third-order valence-corrected chi connectivity index (χ3v) is 5.00. The summed E-state index contributed by atoms with van der Waals surface area (Å²) in [4.78, 5) is 2.63. The first-order valence-corrected chi connectivity index (χ1v) is 8.44. The summed E-state index contributed by atoms with van der Waals surface area (Å²) in [6.07, 6.45) is 8.09. The van der Waals surface area contributed by atoms with Crippen LogP contribution in [0.25, 0.3) is 0 Å². The molecule has 20 heavy (non-hydrogen) atoms. The van der Waals surface area contributed by atoms with Gasteiger partial charge in [-0.15, -0.1) is 0 Å². The minimum absolute atomic E-state index is 0.747. The number of para-hydroxylation sites is 1. The number of hydrogen-bond acceptors (Lipinski definition) is 2. The van der Waals surface area contributed by atoms with Gasteiger partial charge < -0.3 is 10.2 Å². The van der Waals surface area contributed by atoms with Gasteiger partial charge in [-0.3, -0.25) is 0 Å². The van der Waals surface area contributed by atoms with Gasteiger partial charge in [0, 0.05) is 24.8 Å². The highest BCUT2D eigenvalue weighted by Crippen LogP contribution is 2.31. The van der Waals surface area contributed by atoms with Crippen LogP contribution in [0.5, 0.6) is 0 Å². The molecular weight excluding hydrogens is 244 g/mol. The Hall–Kier alpha value is -1.02. The second-order valence-corrected chi connectivity index (χ2v) is 6.43. The Morgan fingerprint density at radius 2 is 2.05 bits per heavy atom. The summed E-state index contributed by atoms with van der Waals surface area (Å²) in [5, 5.41) is 3.79. The van der Waals surface area contributed by atoms with Crippen molar-refractivity contribution in [1.29, 1.82) is 0 Å². The summed E-state index contributed by atoms with van der Waals surface area (Å²) in [6, 6.07) is 9.71. The third-order valence-electron chi connectivity index (χ3n) is 5.00. The maximum atomic E-state index is 3.79. The maximum Gasteiger partial charge on any atom is 0.0399 e. The van der Waals surface area contributed by atoms with Crippen molar-refractivity contribution < 1.29 is 0 Å². The van der Waals surface area contributed by atoms with E-state index in [0.717, 1.165) is 12.0 Å².